The van der Waals surface area contributed by atoms with E-state index in [0.29, 0.717) is 31.2 Å². The number of ether oxygens (including phenoxy) is 1. The van der Waals surface area contributed by atoms with Crippen molar-refractivity contribution in [3.05, 3.63) is 70.0 Å². The number of carbonyl (C=O) groups excluding carboxylic acids is 1. The summed E-state index contributed by atoms with van der Waals surface area (Å²) in [5.41, 5.74) is 10.2. The SMILES string of the molecule is CCOCCn1c(=O)c(CNC(C)C(N)=O)cc2ccc(-c3ccc(C(C)C)cc3)cc21. The number of nitrogens with zero attached hydrogens (tertiary/aromatic N) is 1. The average Bonchev–Trinajstić information content (AvgIpc) is 2.78. The molecule has 3 N–H and O–H groups in total. The molecule has 0 bridgehead atoms. The summed E-state index contributed by atoms with van der Waals surface area (Å²) in [7, 11) is 0. The number of rotatable bonds is 10. The Morgan fingerprint density at radius 3 is 2.38 bits per heavy atom. The van der Waals surface area contributed by atoms with Crippen molar-refractivity contribution in [2.75, 3.05) is 13.2 Å². The van der Waals surface area contributed by atoms with E-state index in [1.165, 1.54) is 5.56 Å². The molecule has 0 spiro atoms. The van der Waals surface area contributed by atoms with Crippen molar-refractivity contribution in [3.63, 3.8) is 0 Å². The summed E-state index contributed by atoms with van der Waals surface area (Å²) in [5.74, 6) is 0.0318. The van der Waals surface area contributed by atoms with Gasteiger partial charge in [-0.15, -0.1) is 0 Å². The van der Waals surface area contributed by atoms with E-state index in [9.17, 15) is 9.59 Å². The van der Waals surface area contributed by atoms with E-state index in [4.69, 9.17) is 10.5 Å². The van der Waals surface area contributed by atoms with E-state index in [1.54, 1.807) is 11.5 Å². The molecule has 1 heterocycles. The molecule has 3 aromatic rings. The molecule has 0 aliphatic carbocycles. The predicted octanol–water partition coefficient (Wildman–Crippen LogP) is 3.79. The molecule has 0 fully saturated rings. The Kier molecular flexibility index (Phi) is 7.83. The van der Waals surface area contributed by atoms with Crippen molar-refractivity contribution in [2.45, 2.75) is 52.7 Å². The van der Waals surface area contributed by atoms with Gasteiger partial charge in [-0.1, -0.05) is 50.2 Å². The zero-order valence-corrected chi connectivity index (χ0v) is 19.4. The van der Waals surface area contributed by atoms with Gasteiger partial charge in [-0.3, -0.25) is 9.59 Å². The Hall–Kier alpha value is -2.96. The van der Waals surface area contributed by atoms with Crippen molar-refractivity contribution in [1.82, 2.24) is 9.88 Å². The first-order valence-electron chi connectivity index (χ1n) is 11.2. The number of fused-ring (bicyclic) bond motifs is 1. The van der Waals surface area contributed by atoms with Gasteiger partial charge in [0.2, 0.25) is 5.91 Å². The number of primary amides is 1. The third kappa shape index (κ3) is 5.44. The van der Waals surface area contributed by atoms with Gasteiger partial charge in [-0.2, -0.15) is 0 Å². The Morgan fingerprint density at radius 2 is 1.75 bits per heavy atom. The molecule has 3 rings (SSSR count). The highest BCUT2D eigenvalue weighted by Crippen LogP contribution is 2.26. The van der Waals surface area contributed by atoms with Crippen LogP contribution in [0.1, 0.15) is 44.7 Å². The fourth-order valence-corrected chi connectivity index (χ4v) is 3.68. The van der Waals surface area contributed by atoms with Gasteiger partial charge in [-0.25, -0.2) is 0 Å². The highest BCUT2D eigenvalue weighted by atomic mass is 16.5. The van der Waals surface area contributed by atoms with Crippen LogP contribution >= 0.6 is 0 Å². The zero-order valence-electron chi connectivity index (χ0n) is 19.4. The maximum absolute atomic E-state index is 13.3. The molecule has 2 aromatic carbocycles. The summed E-state index contributed by atoms with van der Waals surface area (Å²) >= 11 is 0. The van der Waals surface area contributed by atoms with Crippen LogP contribution < -0.4 is 16.6 Å². The number of benzene rings is 2. The minimum Gasteiger partial charge on any atom is -0.380 e. The summed E-state index contributed by atoms with van der Waals surface area (Å²) in [4.78, 5) is 24.6. The predicted molar refractivity (Wildman–Crippen MR) is 130 cm³/mol. The normalized spacial score (nSPS) is 12.4. The standard InChI is InChI=1S/C26H33N3O3/c1-5-32-13-12-29-24-15-21(20-8-6-19(7-9-20)17(2)3)10-11-22(24)14-23(26(29)31)16-28-18(4)25(27)30/h6-11,14-15,17-18,28H,5,12-13,16H2,1-4H3,(H2,27,30). The van der Waals surface area contributed by atoms with Crippen molar-refractivity contribution >= 4 is 16.8 Å². The molecule has 0 saturated carbocycles. The third-order valence-electron chi connectivity index (χ3n) is 5.77. The molecule has 170 valence electrons. The second-order valence-electron chi connectivity index (χ2n) is 8.38. The molecule has 1 aromatic heterocycles. The quantitative estimate of drug-likeness (QED) is 0.475. The lowest BCUT2D eigenvalue weighted by atomic mass is 9.98. The van der Waals surface area contributed by atoms with Crippen molar-refractivity contribution in [2.24, 2.45) is 5.73 Å². The Balaban J connectivity index is 2.03. The average molecular weight is 436 g/mol. The molecular formula is C26H33N3O3. The first-order chi connectivity index (χ1) is 15.3. The summed E-state index contributed by atoms with van der Waals surface area (Å²) in [6, 6.07) is 16.1. The summed E-state index contributed by atoms with van der Waals surface area (Å²) in [6.07, 6.45) is 0. The van der Waals surface area contributed by atoms with Crippen LogP contribution in [-0.2, 0) is 22.6 Å². The van der Waals surface area contributed by atoms with Crippen molar-refractivity contribution < 1.29 is 9.53 Å². The number of hydrogen-bond acceptors (Lipinski definition) is 4. The van der Waals surface area contributed by atoms with E-state index >= 15 is 0 Å². The monoisotopic (exact) mass is 435 g/mol. The molecule has 0 saturated heterocycles. The number of nitrogens with two attached hydrogens (primary N) is 1. The topological polar surface area (TPSA) is 86.3 Å². The van der Waals surface area contributed by atoms with Gasteiger partial charge < -0.3 is 20.4 Å². The number of pyridine rings is 1. The highest BCUT2D eigenvalue weighted by molar-refractivity contribution is 5.85. The van der Waals surface area contributed by atoms with Crippen molar-refractivity contribution in [3.8, 4) is 11.1 Å². The summed E-state index contributed by atoms with van der Waals surface area (Å²) < 4.78 is 7.29. The maximum Gasteiger partial charge on any atom is 0.255 e. The zero-order chi connectivity index (χ0) is 23.3. The van der Waals surface area contributed by atoms with Crippen molar-refractivity contribution in [1.29, 1.82) is 0 Å². The van der Waals surface area contributed by atoms with Gasteiger partial charge in [0.25, 0.3) is 5.56 Å². The van der Waals surface area contributed by atoms with Crippen LogP contribution in [-0.4, -0.2) is 29.7 Å². The molecule has 6 heteroatoms. The van der Waals surface area contributed by atoms with Gasteiger partial charge >= 0.3 is 0 Å². The van der Waals surface area contributed by atoms with E-state index in [1.807, 2.05) is 19.1 Å². The third-order valence-corrected chi connectivity index (χ3v) is 5.77. The minimum atomic E-state index is -0.516. The molecule has 6 nitrogen and oxygen atoms in total. The minimum absolute atomic E-state index is 0.0892. The van der Waals surface area contributed by atoms with E-state index in [-0.39, 0.29) is 12.1 Å². The molecule has 1 atom stereocenters. The van der Waals surface area contributed by atoms with Crippen LogP contribution in [0.15, 0.2) is 53.3 Å². The lowest BCUT2D eigenvalue weighted by Gasteiger charge is -2.16. The molecule has 1 unspecified atom stereocenters. The second-order valence-corrected chi connectivity index (χ2v) is 8.38. The fourth-order valence-electron chi connectivity index (χ4n) is 3.68. The Bertz CT molecular complexity index is 1130. The first-order valence-corrected chi connectivity index (χ1v) is 11.2. The smallest absolute Gasteiger partial charge is 0.255 e. The van der Waals surface area contributed by atoms with Crippen LogP contribution in [0.4, 0.5) is 0 Å². The van der Waals surface area contributed by atoms with Crippen LogP contribution in [0.25, 0.3) is 22.0 Å². The van der Waals surface area contributed by atoms with Gasteiger partial charge in [0.15, 0.2) is 0 Å². The number of amides is 1. The van der Waals surface area contributed by atoms with E-state index in [2.05, 4.69) is 55.6 Å². The maximum atomic E-state index is 13.3. The Morgan fingerprint density at radius 1 is 1.06 bits per heavy atom. The van der Waals surface area contributed by atoms with Crippen LogP contribution in [0, 0.1) is 0 Å². The number of aromatic nitrogens is 1. The van der Waals surface area contributed by atoms with Crippen LogP contribution in [0.2, 0.25) is 0 Å². The Labute approximate surface area is 189 Å². The first kappa shape index (κ1) is 23.7. The van der Waals surface area contributed by atoms with Crippen LogP contribution in [0.5, 0.6) is 0 Å². The number of nitrogens with one attached hydrogen (secondary N) is 1. The fraction of sp³-hybridized carbons (Fsp3) is 0.385. The van der Waals surface area contributed by atoms with Crippen LogP contribution in [0.3, 0.4) is 0 Å². The highest BCUT2D eigenvalue weighted by Gasteiger charge is 2.13. The van der Waals surface area contributed by atoms with Gasteiger partial charge in [0, 0.05) is 25.3 Å². The molecule has 0 aliphatic heterocycles. The van der Waals surface area contributed by atoms with Gasteiger partial charge in [0.05, 0.1) is 18.2 Å². The lowest BCUT2D eigenvalue weighted by molar-refractivity contribution is -0.119. The largest absolute Gasteiger partial charge is 0.380 e. The second kappa shape index (κ2) is 10.6. The van der Waals surface area contributed by atoms with Gasteiger partial charge in [-0.05, 0) is 54.0 Å². The van der Waals surface area contributed by atoms with Gasteiger partial charge in [0.1, 0.15) is 0 Å². The molecule has 32 heavy (non-hydrogen) atoms. The van der Waals surface area contributed by atoms with E-state index < -0.39 is 11.9 Å². The molecule has 0 radical (unpaired) electrons. The molecular weight excluding hydrogens is 402 g/mol. The molecule has 0 aliphatic rings. The van der Waals surface area contributed by atoms with E-state index in [0.717, 1.165) is 22.0 Å². The summed E-state index contributed by atoms with van der Waals surface area (Å²) in [5, 5.41) is 4.00. The summed E-state index contributed by atoms with van der Waals surface area (Å²) in [6.45, 7) is 9.76. The molecule has 1 amide bonds. The number of carbonyl (C=O) groups is 1. The lowest BCUT2D eigenvalue weighted by Crippen LogP contribution is -2.39. The number of hydrogen-bond donors (Lipinski definition) is 2.